The van der Waals surface area contributed by atoms with Crippen molar-refractivity contribution in [2.24, 2.45) is 5.92 Å². The molecule has 0 radical (unpaired) electrons. The fraction of sp³-hybridized carbons (Fsp3) is 0.316. The number of aliphatic hydroxyl groups is 1. The van der Waals surface area contributed by atoms with E-state index in [-0.39, 0.29) is 5.92 Å². The molecule has 3 aromatic rings. The number of hydrogen-bond donors (Lipinski definition) is 2. The Balaban J connectivity index is 1.89. The highest BCUT2D eigenvalue weighted by Gasteiger charge is 2.36. The van der Waals surface area contributed by atoms with Gasteiger partial charge in [0.2, 0.25) is 0 Å². The van der Waals surface area contributed by atoms with Crippen molar-refractivity contribution >= 4 is 10.8 Å². The van der Waals surface area contributed by atoms with Crippen LogP contribution in [0.5, 0.6) is 5.75 Å². The first-order valence-corrected chi connectivity index (χ1v) is 8.00. The van der Waals surface area contributed by atoms with E-state index in [1.54, 1.807) is 12.5 Å². The second kappa shape index (κ2) is 5.10. The molecule has 1 aromatic heterocycles. The third kappa shape index (κ3) is 2.13. The molecule has 0 spiro atoms. The Hall–Kier alpha value is -2.33. The highest BCUT2D eigenvalue weighted by atomic mass is 16.5. The molecule has 4 rings (SSSR count). The molecule has 2 aromatic carbocycles. The maximum atomic E-state index is 11.4. The van der Waals surface area contributed by atoms with Crippen LogP contribution in [-0.4, -0.2) is 21.7 Å². The Morgan fingerprint density at radius 2 is 2.09 bits per heavy atom. The summed E-state index contributed by atoms with van der Waals surface area (Å²) in [5.41, 5.74) is 1.75. The molecule has 0 saturated carbocycles. The van der Waals surface area contributed by atoms with Crippen LogP contribution in [0.3, 0.4) is 0 Å². The van der Waals surface area contributed by atoms with Crippen LogP contribution < -0.4 is 4.74 Å². The normalized spacial score (nSPS) is 16.3. The number of ether oxygens (including phenoxy) is 1. The van der Waals surface area contributed by atoms with Gasteiger partial charge in [0.25, 0.3) is 0 Å². The van der Waals surface area contributed by atoms with Gasteiger partial charge in [-0.25, -0.2) is 4.98 Å². The molecule has 23 heavy (non-hydrogen) atoms. The van der Waals surface area contributed by atoms with Gasteiger partial charge in [0, 0.05) is 6.42 Å². The predicted octanol–water partition coefficient (Wildman–Crippen LogP) is 3.39. The Labute approximate surface area is 135 Å². The summed E-state index contributed by atoms with van der Waals surface area (Å²) < 4.78 is 5.64. The number of hydrogen-bond acceptors (Lipinski definition) is 3. The van der Waals surface area contributed by atoms with Gasteiger partial charge >= 0.3 is 0 Å². The first-order chi connectivity index (χ1) is 11.1. The molecular weight excluding hydrogens is 288 g/mol. The van der Waals surface area contributed by atoms with Crippen molar-refractivity contribution in [3.8, 4) is 5.75 Å². The topological polar surface area (TPSA) is 58.1 Å². The minimum absolute atomic E-state index is 0.0122. The zero-order valence-electron chi connectivity index (χ0n) is 13.3. The van der Waals surface area contributed by atoms with Gasteiger partial charge in [0.05, 0.1) is 24.8 Å². The molecule has 2 N–H and O–H groups in total. The first kappa shape index (κ1) is 14.3. The lowest BCUT2D eigenvalue weighted by atomic mass is 9.80. The summed E-state index contributed by atoms with van der Waals surface area (Å²) in [6.07, 6.45) is 4.25. The van der Waals surface area contributed by atoms with E-state index in [1.165, 1.54) is 5.56 Å². The van der Waals surface area contributed by atoms with Crippen LogP contribution >= 0.6 is 0 Å². The zero-order valence-corrected chi connectivity index (χ0v) is 13.3. The molecule has 1 aliphatic rings. The van der Waals surface area contributed by atoms with E-state index in [9.17, 15) is 5.11 Å². The van der Waals surface area contributed by atoms with Gasteiger partial charge < -0.3 is 14.8 Å². The molecule has 0 saturated heterocycles. The number of nitrogens with one attached hydrogen (secondary N) is 1. The second-order valence-corrected chi connectivity index (χ2v) is 6.51. The van der Waals surface area contributed by atoms with Crippen molar-refractivity contribution in [1.82, 2.24) is 9.97 Å². The summed E-state index contributed by atoms with van der Waals surface area (Å²) in [5.74, 6) is 0.996. The molecule has 1 aliphatic heterocycles. The standard InChI is InChI=1S/C19H20N2O2/c1-12(2)19(22,18-10-20-11-21-18)16-4-3-13-9-17-14(5-6-23-17)7-15(13)8-16/h3-4,7-12,22H,5-6H2,1-2H3,(H,20,21). The number of H-pyrrole nitrogens is 1. The smallest absolute Gasteiger partial charge is 0.133 e. The Bertz CT molecular complexity index is 855. The van der Waals surface area contributed by atoms with Crippen molar-refractivity contribution in [2.45, 2.75) is 25.9 Å². The maximum Gasteiger partial charge on any atom is 0.133 e. The highest BCUT2D eigenvalue weighted by Crippen LogP contribution is 2.38. The van der Waals surface area contributed by atoms with Crippen LogP contribution in [-0.2, 0) is 12.0 Å². The van der Waals surface area contributed by atoms with Crippen molar-refractivity contribution < 1.29 is 9.84 Å². The van der Waals surface area contributed by atoms with Gasteiger partial charge in [-0.1, -0.05) is 26.0 Å². The lowest BCUT2D eigenvalue weighted by molar-refractivity contribution is 0.0281. The molecule has 1 atom stereocenters. The van der Waals surface area contributed by atoms with Crippen LogP contribution in [0.4, 0.5) is 0 Å². The number of fused-ring (bicyclic) bond motifs is 2. The van der Waals surface area contributed by atoms with Gasteiger partial charge in [0.15, 0.2) is 0 Å². The lowest BCUT2D eigenvalue weighted by Gasteiger charge is -2.32. The summed E-state index contributed by atoms with van der Waals surface area (Å²) in [6, 6.07) is 10.4. The van der Waals surface area contributed by atoms with Crippen LogP contribution in [0, 0.1) is 5.92 Å². The largest absolute Gasteiger partial charge is 0.493 e. The fourth-order valence-electron chi connectivity index (χ4n) is 3.43. The molecule has 0 amide bonds. The maximum absolute atomic E-state index is 11.4. The van der Waals surface area contributed by atoms with E-state index >= 15 is 0 Å². The third-order valence-corrected chi connectivity index (χ3v) is 4.83. The van der Waals surface area contributed by atoms with E-state index in [1.807, 2.05) is 19.9 Å². The van der Waals surface area contributed by atoms with E-state index < -0.39 is 5.60 Å². The molecule has 1 unspecified atom stereocenters. The molecule has 0 fully saturated rings. The highest BCUT2D eigenvalue weighted by molar-refractivity contribution is 5.86. The molecule has 0 bridgehead atoms. The summed E-state index contributed by atoms with van der Waals surface area (Å²) in [5, 5.41) is 13.6. The minimum Gasteiger partial charge on any atom is -0.493 e. The third-order valence-electron chi connectivity index (χ3n) is 4.83. The minimum atomic E-state index is -1.08. The van der Waals surface area contributed by atoms with Crippen LogP contribution in [0.1, 0.15) is 30.7 Å². The number of benzene rings is 2. The molecule has 2 heterocycles. The molecule has 4 heteroatoms. The number of aromatic nitrogens is 2. The van der Waals surface area contributed by atoms with E-state index in [0.717, 1.165) is 40.8 Å². The lowest BCUT2D eigenvalue weighted by Crippen LogP contribution is -2.33. The summed E-state index contributed by atoms with van der Waals surface area (Å²) in [7, 11) is 0. The number of imidazole rings is 1. The Kier molecular flexibility index (Phi) is 3.16. The average Bonchev–Trinajstić information content (AvgIpc) is 3.22. The van der Waals surface area contributed by atoms with Crippen molar-refractivity contribution in [3.63, 3.8) is 0 Å². The van der Waals surface area contributed by atoms with Crippen LogP contribution in [0.2, 0.25) is 0 Å². The van der Waals surface area contributed by atoms with Crippen molar-refractivity contribution in [3.05, 3.63) is 59.7 Å². The van der Waals surface area contributed by atoms with Gasteiger partial charge in [0.1, 0.15) is 11.4 Å². The monoisotopic (exact) mass is 308 g/mol. The number of nitrogens with zero attached hydrogens (tertiary/aromatic N) is 1. The predicted molar refractivity (Wildman–Crippen MR) is 89.6 cm³/mol. The fourth-order valence-corrected chi connectivity index (χ4v) is 3.43. The van der Waals surface area contributed by atoms with E-state index in [2.05, 4.69) is 34.2 Å². The van der Waals surface area contributed by atoms with Gasteiger partial charge in [-0.3, -0.25) is 0 Å². The second-order valence-electron chi connectivity index (χ2n) is 6.51. The van der Waals surface area contributed by atoms with Crippen molar-refractivity contribution in [2.75, 3.05) is 6.61 Å². The number of rotatable bonds is 3. The van der Waals surface area contributed by atoms with Crippen molar-refractivity contribution in [1.29, 1.82) is 0 Å². The molecular formula is C19H20N2O2. The van der Waals surface area contributed by atoms with E-state index in [0.29, 0.717) is 0 Å². The first-order valence-electron chi connectivity index (χ1n) is 8.00. The van der Waals surface area contributed by atoms with Gasteiger partial charge in [-0.15, -0.1) is 0 Å². The van der Waals surface area contributed by atoms with Crippen LogP contribution in [0.15, 0.2) is 42.9 Å². The quantitative estimate of drug-likeness (QED) is 0.780. The summed E-state index contributed by atoms with van der Waals surface area (Å²) in [6.45, 7) is 4.78. The van der Waals surface area contributed by atoms with Crippen LogP contribution in [0.25, 0.3) is 10.8 Å². The Morgan fingerprint density at radius 1 is 1.22 bits per heavy atom. The van der Waals surface area contributed by atoms with Gasteiger partial charge in [-0.05, 0) is 46.0 Å². The Morgan fingerprint density at radius 3 is 2.83 bits per heavy atom. The molecule has 0 aliphatic carbocycles. The zero-order chi connectivity index (χ0) is 16.0. The summed E-state index contributed by atoms with van der Waals surface area (Å²) >= 11 is 0. The molecule has 118 valence electrons. The van der Waals surface area contributed by atoms with Gasteiger partial charge in [-0.2, -0.15) is 0 Å². The summed E-state index contributed by atoms with van der Waals surface area (Å²) in [4.78, 5) is 7.14. The SMILES string of the molecule is CC(C)C(O)(c1ccc2cc3c(cc2c1)CCO3)c1cnc[nH]1. The molecule has 4 nitrogen and oxygen atoms in total. The van der Waals surface area contributed by atoms with E-state index in [4.69, 9.17) is 4.74 Å². The average molecular weight is 308 g/mol. The number of aromatic amines is 1.